The topological polar surface area (TPSA) is 37.8 Å². The fourth-order valence-corrected chi connectivity index (χ4v) is 2.23. The van der Waals surface area contributed by atoms with Gasteiger partial charge in [0.25, 0.3) is 0 Å². The van der Waals surface area contributed by atoms with Crippen LogP contribution in [0.25, 0.3) is 0 Å². The smallest absolute Gasteiger partial charge is 0.145 e. The zero-order valence-electron chi connectivity index (χ0n) is 12.6. The summed E-state index contributed by atoms with van der Waals surface area (Å²) >= 11 is 0. The van der Waals surface area contributed by atoms with Gasteiger partial charge in [0.2, 0.25) is 0 Å². The van der Waals surface area contributed by atoms with E-state index in [9.17, 15) is 0 Å². The molecule has 1 unspecified atom stereocenters. The largest absolute Gasteiger partial charge is 0.307 e. The molecule has 0 bridgehead atoms. The zero-order valence-corrected chi connectivity index (χ0v) is 12.6. The normalized spacial score (nSPS) is 12.3. The molecule has 20 heavy (non-hydrogen) atoms. The first-order chi connectivity index (χ1) is 9.72. The van der Waals surface area contributed by atoms with Gasteiger partial charge in [-0.05, 0) is 43.0 Å². The molecule has 0 aliphatic carbocycles. The molecular weight excluding hydrogens is 246 g/mol. The molecule has 106 valence electrons. The third-order valence-corrected chi connectivity index (χ3v) is 3.43. The van der Waals surface area contributed by atoms with E-state index in [4.69, 9.17) is 0 Å². The van der Waals surface area contributed by atoms with E-state index in [0.717, 1.165) is 30.8 Å². The van der Waals surface area contributed by atoms with E-state index in [-0.39, 0.29) is 6.04 Å². The minimum Gasteiger partial charge on any atom is -0.307 e. The second-order valence-corrected chi connectivity index (χ2v) is 5.10. The monoisotopic (exact) mass is 269 g/mol. The predicted octanol–water partition coefficient (Wildman–Crippen LogP) is 3.24. The highest BCUT2D eigenvalue weighted by molar-refractivity contribution is 5.24. The Morgan fingerprint density at radius 1 is 1.00 bits per heavy atom. The van der Waals surface area contributed by atoms with E-state index < -0.39 is 0 Å². The molecular formula is C17H23N3. The van der Waals surface area contributed by atoms with Gasteiger partial charge in [-0.1, -0.05) is 38.1 Å². The van der Waals surface area contributed by atoms with Crippen LogP contribution in [-0.2, 0) is 12.8 Å². The second kappa shape index (κ2) is 7.15. The summed E-state index contributed by atoms with van der Waals surface area (Å²) in [6, 6.07) is 8.99. The quantitative estimate of drug-likeness (QED) is 0.875. The van der Waals surface area contributed by atoms with Crippen molar-refractivity contribution in [2.45, 2.75) is 39.7 Å². The van der Waals surface area contributed by atoms with Crippen LogP contribution in [0, 0.1) is 6.92 Å². The predicted molar refractivity (Wildman–Crippen MR) is 82.7 cm³/mol. The molecule has 1 N–H and O–H groups in total. The summed E-state index contributed by atoms with van der Waals surface area (Å²) in [6.07, 6.45) is 5.76. The molecule has 0 aliphatic rings. The van der Waals surface area contributed by atoms with Gasteiger partial charge in [0.15, 0.2) is 0 Å². The van der Waals surface area contributed by atoms with E-state index in [1.54, 1.807) is 0 Å². The molecule has 3 nitrogen and oxygen atoms in total. The van der Waals surface area contributed by atoms with Crippen molar-refractivity contribution in [2.24, 2.45) is 0 Å². The molecule has 2 rings (SSSR count). The average Bonchev–Trinajstić information content (AvgIpc) is 2.48. The SMILES string of the molecule is CCNC(Cc1ccc(CC)cc1)c1ncc(C)cn1. The minimum absolute atomic E-state index is 0.174. The van der Waals surface area contributed by atoms with Crippen molar-refractivity contribution in [1.29, 1.82) is 0 Å². The first-order valence-electron chi connectivity index (χ1n) is 7.32. The lowest BCUT2D eigenvalue weighted by atomic mass is 10.0. The second-order valence-electron chi connectivity index (χ2n) is 5.10. The van der Waals surface area contributed by atoms with E-state index in [1.165, 1.54) is 11.1 Å². The lowest BCUT2D eigenvalue weighted by Gasteiger charge is -2.16. The van der Waals surface area contributed by atoms with Crippen LogP contribution >= 0.6 is 0 Å². The van der Waals surface area contributed by atoms with Crippen molar-refractivity contribution in [3.8, 4) is 0 Å². The lowest BCUT2D eigenvalue weighted by Crippen LogP contribution is -2.25. The van der Waals surface area contributed by atoms with Crippen LogP contribution in [0.5, 0.6) is 0 Å². The van der Waals surface area contributed by atoms with Crippen molar-refractivity contribution in [3.63, 3.8) is 0 Å². The fourth-order valence-electron chi connectivity index (χ4n) is 2.23. The number of hydrogen-bond acceptors (Lipinski definition) is 3. The average molecular weight is 269 g/mol. The summed E-state index contributed by atoms with van der Waals surface area (Å²) in [6.45, 7) is 7.21. The number of rotatable bonds is 6. The Labute approximate surface area is 121 Å². The Morgan fingerprint density at radius 2 is 1.60 bits per heavy atom. The highest BCUT2D eigenvalue weighted by Gasteiger charge is 2.13. The molecule has 2 aromatic rings. The summed E-state index contributed by atoms with van der Waals surface area (Å²) < 4.78 is 0. The van der Waals surface area contributed by atoms with Crippen molar-refractivity contribution in [1.82, 2.24) is 15.3 Å². The number of nitrogens with one attached hydrogen (secondary N) is 1. The first-order valence-corrected chi connectivity index (χ1v) is 7.32. The van der Waals surface area contributed by atoms with E-state index >= 15 is 0 Å². The summed E-state index contributed by atoms with van der Waals surface area (Å²) in [5, 5.41) is 3.47. The van der Waals surface area contributed by atoms with Gasteiger partial charge in [0.1, 0.15) is 5.82 Å². The number of aryl methyl sites for hydroxylation is 2. The lowest BCUT2D eigenvalue weighted by molar-refractivity contribution is 0.521. The van der Waals surface area contributed by atoms with Gasteiger partial charge in [-0.3, -0.25) is 0 Å². The van der Waals surface area contributed by atoms with Crippen molar-refractivity contribution in [2.75, 3.05) is 6.54 Å². The van der Waals surface area contributed by atoms with Crippen LogP contribution in [0.15, 0.2) is 36.7 Å². The van der Waals surface area contributed by atoms with E-state index in [2.05, 4.69) is 53.4 Å². The molecule has 0 saturated carbocycles. The number of hydrogen-bond donors (Lipinski definition) is 1. The van der Waals surface area contributed by atoms with E-state index in [1.807, 2.05) is 19.3 Å². The third-order valence-electron chi connectivity index (χ3n) is 3.43. The van der Waals surface area contributed by atoms with Gasteiger partial charge in [0, 0.05) is 12.4 Å². The molecule has 0 fully saturated rings. The van der Waals surface area contributed by atoms with Crippen LogP contribution in [0.3, 0.4) is 0 Å². The molecule has 1 aromatic heterocycles. The van der Waals surface area contributed by atoms with Gasteiger partial charge in [-0.15, -0.1) is 0 Å². The molecule has 0 spiro atoms. The molecule has 3 heteroatoms. The van der Waals surface area contributed by atoms with Crippen molar-refractivity contribution in [3.05, 3.63) is 59.2 Å². The van der Waals surface area contributed by atoms with Crippen LogP contribution in [-0.4, -0.2) is 16.5 Å². The van der Waals surface area contributed by atoms with Gasteiger partial charge in [-0.2, -0.15) is 0 Å². The molecule has 1 aromatic carbocycles. The molecule has 0 aliphatic heterocycles. The maximum atomic E-state index is 4.45. The Bertz CT molecular complexity index is 517. The Morgan fingerprint density at radius 3 is 2.15 bits per heavy atom. The van der Waals surface area contributed by atoms with Gasteiger partial charge in [-0.25, -0.2) is 9.97 Å². The molecule has 1 heterocycles. The summed E-state index contributed by atoms with van der Waals surface area (Å²) in [5.74, 6) is 0.872. The van der Waals surface area contributed by atoms with Gasteiger partial charge < -0.3 is 5.32 Å². The summed E-state index contributed by atoms with van der Waals surface area (Å²) in [4.78, 5) is 8.91. The van der Waals surface area contributed by atoms with E-state index in [0.29, 0.717) is 0 Å². The zero-order chi connectivity index (χ0) is 14.4. The fraction of sp³-hybridized carbons (Fsp3) is 0.412. The Balaban J connectivity index is 2.13. The Kier molecular flexibility index (Phi) is 5.24. The number of benzene rings is 1. The van der Waals surface area contributed by atoms with Gasteiger partial charge in [0.05, 0.1) is 6.04 Å². The number of aromatic nitrogens is 2. The van der Waals surface area contributed by atoms with Crippen LogP contribution in [0.2, 0.25) is 0 Å². The van der Waals surface area contributed by atoms with Crippen molar-refractivity contribution < 1.29 is 0 Å². The minimum atomic E-state index is 0.174. The van der Waals surface area contributed by atoms with Crippen LogP contribution in [0.4, 0.5) is 0 Å². The van der Waals surface area contributed by atoms with Crippen LogP contribution < -0.4 is 5.32 Å². The van der Waals surface area contributed by atoms with Gasteiger partial charge >= 0.3 is 0 Å². The molecule has 0 saturated heterocycles. The number of nitrogens with zero attached hydrogens (tertiary/aromatic N) is 2. The maximum Gasteiger partial charge on any atom is 0.145 e. The summed E-state index contributed by atoms with van der Waals surface area (Å²) in [7, 11) is 0. The molecule has 1 atom stereocenters. The van der Waals surface area contributed by atoms with Crippen molar-refractivity contribution >= 4 is 0 Å². The molecule has 0 amide bonds. The number of likely N-dealkylation sites (N-methyl/N-ethyl adjacent to an activating group) is 1. The highest BCUT2D eigenvalue weighted by Crippen LogP contribution is 2.16. The summed E-state index contributed by atoms with van der Waals surface area (Å²) in [5.41, 5.74) is 3.79. The maximum absolute atomic E-state index is 4.45. The Hall–Kier alpha value is -1.74. The highest BCUT2D eigenvalue weighted by atomic mass is 15.0. The molecule has 0 radical (unpaired) electrons. The van der Waals surface area contributed by atoms with Crippen LogP contribution in [0.1, 0.15) is 42.4 Å². The third kappa shape index (κ3) is 3.87. The first kappa shape index (κ1) is 14.7. The standard InChI is InChI=1S/C17H23N3/c1-4-14-6-8-15(9-7-14)10-16(18-5-2)17-19-11-13(3)12-20-17/h6-9,11-12,16,18H,4-5,10H2,1-3H3.